The summed E-state index contributed by atoms with van der Waals surface area (Å²) in [6.45, 7) is 2.55. The third-order valence-corrected chi connectivity index (χ3v) is 5.36. The van der Waals surface area contributed by atoms with Crippen LogP contribution in [0.15, 0.2) is 42.7 Å². The number of aromatic nitrogens is 2. The molecule has 2 saturated heterocycles. The zero-order valence-corrected chi connectivity index (χ0v) is 17.0. The van der Waals surface area contributed by atoms with Crippen molar-refractivity contribution in [3.8, 4) is 23.8 Å². The monoisotopic (exact) mass is 417 g/mol. The van der Waals surface area contributed by atoms with Crippen LogP contribution in [-0.4, -0.2) is 48.6 Å². The molecule has 2 aromatic carbocycles. The standard InChI is InChI=1S/C24H23N3O4/c1-2-16-4-3-5-17(10-16)27-24-20-11-22(30-18-6-8-28-13-18)23(12-21(20)25-15-26-24)31-19-7-9-29-14-19/h1,3-5,10-12,15,18-19H,6-9,13-14H2,(H,25,26,27)/t18-,19-/m1/s1. The molecule has 0 aliphatic carbocycles. The molecule has 3 aromatic rings. The molecule has 0 spiro atoms. The Hall–Kier alpha value is -3.34. The summed E-state index contributed by atoms with van der Waals surface area (Å²) in [7, 11) is 0. The first-order valence-electron chi connectivity index (χ1n) is 10.4. The van der Waals surface area contributed by atoms with Crippen molar-refractivity contribution in [3.63, 3.8) is 0 Å². The SMILES string of the molecule is C#Cc1cccc(Nc2ncnc3cc(O[C@@H]4CCOC4)c(O[C@@H]4CCOC4)cc23)c1. The Morgan fingerprint density at radius 2 is 1.71 bits per heavy atom. The Kier molecular flexibility index (Phi) is 5.57. The normalized spacial score (nSPS) is 20.5. The number of hydrogen-bond donors (Lipinski definition) is 1. The molecule has 158 valence electrons. The van der Waals surface area contributed by atoms with Gasteiger partial charge in [-0.2, -0.15) is 0 Å². The van der Waals surface area contributed by atoms with Gasteiger partial charge in [0.1, 0.15) is 24.4 Å². The highest BCUT2D eigenvalue weighted by Crippen LogP contribution is 2.37. The first kappa shape index (κ1) is 19.6. The number of nitrogens with one attached hydrogen (secondary N) is 1. The summed E-state index contributed by atoms with van der Waals surface area (Å²) in [5.74, 6) is 4.64. The predicted octanol–water partition coefficient (Wildman–Crippen LogP) is 3.69. The van der Waals surface area contributed by atoms with Crippen LogP contribution in [-0.2, 0) is 9.47 Å². The second kappa shape index (κ2) is 8.80. The van der Waals surface area contributed by atoms with Crippen LogP contribution in [0.25, 0.3) is 10.9 Å². The highest BCUT2D eigenvalue weighted by Gasteiger charge is 2.24. The Morgan fingerprint density at radius 3 is 2.39 bits per heavy atom. The van der Waals surface area contributed by atoms with E-state index in [0.717, 1.165) is 35.0 Å². The highest BCUT2D eigenvalue weighted by molar-refractivity contribution is 5.93. The van der Waals surface area contributed by atoms with E-state index in [4.69, 9.17) is 25.4 Å². The van der Waals surface area contributed by atoms with Crippen molar-refractivity contribution in [1.82, 2.24) is 9.97 Å². The Balaban J connectivity index is 1.52. The second-order valence-electron chi connectivity index (χ2n) is 7.60. The zero-order chi connectivity index (χ0) is 21.0. The van der Waals surface area contributed by atoms with Crippen molar-refractivity contribution >= 4 is 22.4 Å². The lowest BCUT2D eigenvalue weighted by Crippen LogP contribution is -2.19. The lowest BCUT2D eigenvalue weighted by molar-refractivity contribution is 0.123. The molecule has 0 radical (unpaired) electrons. The smallest absolute Gasteiger partial charge is 0.163 e. The summed E-state index contributed by atoms with van der Waals surface area (Å²) in [4.78, 5) is 8.90. The van der Waals surface area contributed by atoms with Gasteiger partial charge in [-0.1, -0.05) is 12.0 Å². The van der Waals surface area contributed by atoms with E-state index in [0.29, 0.717) is 43.7 Å². The lowest BCUT2D eigenvalue weighted by Gasteiger charge is -2.20. The maximum atomic E-state index is 6.27. The maximum Gasteiger partial charge on any atom is 0.163 e. The van der Waals surface area contributed by atoms with Gasteiger partial charge in [-0.3, -0.25) is 0 Å². The average molecular weight is 417 g/mol. The highest BCUT2D eigenvalue weighted by atomic mass is 16.6. The van der Waals surface area contributed by atoms with Gasteiger partial charge in [0.2, 0.25) is 0 Å². The molecular weight excluding hydrogens is 394 g/mol. The Bertz CT molecular complexity index is 1120. The van der Waals surface area contributed by atoms with Gasteiger partial charge in [0.05, 0.1) is 31.9 Å². The summed E-state index contributed by atoms with van der Waals surface area (Å²) in [5, 5.41) is 4.18. The first-order chi connectivity index (χ1) is 15.3. The van der Waals surface area contributed by atoms with Gasteiger partial charge in [-0.15, -0.1) is 6.42 Å². The summed E-state index contributed by atoms with van der Waals surface area (Å²) in [6, 6.07) is 11.5. The Labute approximate surface area is 180 Å². The molecule has 31 heavy (non-hydrogen) atoms. The fourth-order valence-electron chi connectivity index (χ4n) is 3.74. The number of nitrogens with zero attached hydrogens (tertiary/aromatic N) is 2. The molecule has 3 heterocycles. The lowest BCUT2D eigenvalue weighted by atomic mass is 10.1. The van der Waals surface area contributed by atoms with E-state index in [1.165, 1.54) is 6.33 Å². The molecule has 7 heteroatoms. The molecular formula is C24H23N3O4. The summed E-state index contributed by atoms with van der Waals surface area (Å²) in [5.41, 5.74) is 2.41. The van der Waals surface area contributed by atoms with Crippen LogP contribution in [0.3, 0.4) is 0 Å². The van der Waals surface area contributed by atoms with Crippen LogP contribution in [0, 0.1) is 12.3 Å². The molecule has 2 aliphatic rings. The van der Waals surface area contributed by atoms with Gasteiger partial charge in [0.15, 0.2) is 11.5 Å². The third kappa shape index (κ3) is 4.41. The van der Waals surface area contributed by atoms with Crippen LogP contribution < -0.4 is 14.8 Å². The number of fused-ring (bicyclic) bond motifs is 1. The van der Waals surface area contributed by atoms with Crippen LogP contribution in [0.2, 0.25) is 0 Å². The number of ether oxygens (including phenoxy) is 4. The van der Waals surface area contributed by atoms with Crippen molar-refractivity contribution in [2.75, 3.05) is 31.7 Å². The van der Waals surface area contributed by atoms with Crippen molar-refractivity contribution in [1.29, 1.82) is 0 Å². The van der Waals surface area contributed by atoms with Gasteiger partial charge in [-0.25, -0.2) is 9.97 Å². The minimum atomic E-state index is -0.00650. The first-order valence-corrected chi connectivity index (χ1v) is 10.4. The number of terminal acetylenes is 1. The molecule has 2 fully saturated rings. The van der Waals surface area contributed by atoms with E-state index in [-0.39, 0.29) is 12.2 Å². The van der Waals surface area contributed by atoms with Gasteiger partial charge >= 0.3 is 0 Å². The average Bonchev–Trinajstić information content (AvgIpc) is 3.49. The van der Waals surface area contributed by atoms with E-state index in [9.17, 15) is 0 Å². The van der Waals surface area contributed by atoms with E-state index in [2.05, 4.69) is 21.2 Å². The quantitative estimate of drug-likeness (QED) is 0.613. The molecule has 0 unspecified atom stereocenters. The van der Waals surface area contributed by atoms with Crippen LogP contribution in [0.5, 0.6) is 11.5 Å². The van der Waals surface area contributed by atoms with E-state index < -0.39 is 0 Å². The zero-order valence-electron chi connectivity index (χ0n) is 17.0. The van der Waals surface area contributed by atoms with Crippen LogP contribution >= 0.6 is 0 Å². The van der Waals surface area contributed by atoms with E-state index in [1.807, 2.05) is 36.4 Å². The van der Waals surface area contributed by atoms with Gasteiger partial charge in [0, 0.05) is 35.5 Å². The molecule has 1 aromatic heterocycles. The van der Waals surface area contributed by atoms with Crippen molar-refractivity contribution in [2.45, 2.75) is 25.0 Å². The number of rotatable bonds is 6. The number of benzene rings is 2. The minimum absolute atomic E-state index is 0.00515. The van der Waals surface area contributed by atoms with Crippen molar-refractivity contribution in [2.24, 2.45) is 0 Å². The van der Waals surface area contributed by atoms with Crippen molar-refractivity contribution < 1.29 is 18.9 Å². The summed E-state index contributed by atoms with van der Waals surface area (Å²) in [6.07, 6.45) is 8.76. The van der Waals surface area contributed by atoms with Gasteiger partial charge < -0.3 is 24.3 Å². The summed E-state index contributed by atoms with van der Waals surface area (Å²) >= 11 is 0. The summed E-state index contributed by atoms with van der Waals surface area (Å²) < 4.78 is 23.4. The molecule has 0 bridgehead atoms. The fraction of sp³-hybridized carbons (Fsp3) is 0.333. The minimum Gasteiger partial charge on any atom is -0.484 e. The second-order valence-corrected chi connectivity index (χ2v) is 7.60. The largest absolute Gasteiger partial charge is 0.484 e. The van der Waals surface area contributed by atoms with E-state index in [1.54, 1.807) is 0 Å². The number of hydrogen-bond acceptors (Lipinski definition) is 7. The van der Waals surface area contributed by atoms with Crippen LogP contribution in [0.1, 0.15) is 18.4 Å². The van der Waals surface area contributed by atoms with Crippen LogP contribution in [0.4, 0.5) is 11.5 Å². The maximum absolute atomic E-state index is 6.27. The van der Waals surface area contributed by atoms with Gasteiger partial charge in [-0.05, 0) is 24.3 Å². The fourth-order valence-corrected chi connectivity index (χ4v) is 3.74. The molecule has 0 saturated carbocycles. The molecule has 2 aliphatic heterocycles. The number of anilines is 2. The molecule has 5 rings (SSSR count). The molecule has 7 nitrogen and oxygen atoms in total. The van der Waals surface area contributed by atoms with E-state index >= 15 is 0 Å². The van der Waals surface area contributed by atoms with Crippen molar-refractivity contribution in [3.05, 3.63) is 48.3 Å². The Morgan fingerprint density at radius 1 is 0.968 bits per heavy atom. The predicted molar refractivity (Wildman–Crippen MR) is 117 cm³/mol. The topological polar surface area (TPSA) is 74.7 Å². The molecule has 0 amide bonds. The van der Waals surface area contributed by atoms with Gasteiger partial charge in [0.25, 0.3) is 0 Å². The molecule has 1 N–H and O–H groups in total. The third-order valence-electron chi connectivity index (χ3n) is 5.36. The molecule has 2 atom stereocenters.